The summed E-state index contributed by atoms with van der Waals surface area (Å²) >= 11 is 0. The van der Waals surface area contributed by atoms with Crippen molar-refractivity contribution in [1.82, 2.24) is 4.90 Å². The van der Waals surface area contributed by atoms with E-state index in [-0.39, 0.29) is 0 Å². The number of nitrogens with zero attached hydrogens (tertiary/aromatic N) is 2. The van der Waals surface area contributed by atoms with Crippen LogP contribution in [-0.2, 0) is 0 Å². The monoisotopic (exact) mass is 203 g/mol. The SMILES string of the molecule is Cc1cc(C)c(N2[CH-]N(C)CC2)c(C)c1. The zero-order chi connectivity index (χ0) is 11.0. The molecule has 0 aliphatic carbocycles. The Morgan fingerprint density at radius 3 is 2.13 bits per heavy atom. The molecule has 1 saturated heterocycles. The second-order valence-electron chi connectivity index (χ2n) is 4.54. The lowest BCUT2D eigenvalue weighted by Gasteiger charge is -2.33. The lowest BCUT2D eigenvalue weighted by Crippen LogP contribution is -2.18. The van der Waals surface area contributed by atoms with Crippen LogP contribution in [0.1, 0.15) is 16.7 Å². The van der Waals surface area contributed by atoms with Crippen LogP contribution in [0.2, 0.25) is 0 Å². The first-order chi connectivity index (χ1) is 7.08. The van der Waals surface area contributed by atoms with Gasteiger partial charge in [-0.05, 0) is 45.5 Å². The molecule has 2 heteroatoms. The van der Waals surface area contributed by atoms with E-state index in [2.05, 4.69) is 56.4 Å². The van der Waals surface area contributed by atoms with E-state index in [0.717, 1.165) is 13.1 Å². The van der Waals surface area contributed by atoms with Crippen molar-refractivity contribution in [2.75, 3.05) is 25.0 Å². The second-order valence-corrected chi connectivity index (χ2v) is 4.54. The molecule has 1 aromatic rings. The topological polar surface area (TPSA) is 6.48 Å². The Morgan fingerprint density at radius 2 is 1.67 bits per heavy atom. The third-order valence-corrected chi connectivity index (χ3v) is 2.95. The van der Waals surface area contributed by atoms with Gasteiger partial charge < -0.3 is 9.80 Å². The molecule has 2 rings (SSSR count). The molecule has 0 radical (unpaired) electrons. The molecule has 0 aromatic heterocycles. The molecule has 15 heavy (non-hydrogen) atoms. The van der Waals surface area contributed by atoms with E-state index in [0.29, 0.717) is 0 Å². The van der Waals surface area contributed by atoms with Crippen molar-refractivity contribution in [1.29, 1.82) is 0 Å². The van der Waals surface area contributed by atoms with E-state index in [4.69, 9.17) is 0 Å². The van der Waals surface area contributed by atoms with Crippen LogP contribution in [0.5, 0.6) is 0 Å². The molecule has 82 valence electrons. The largest absolute Gasteiger partial charge is 0.507 e. The van der Waals surface area contributed by atoms with Crippen molar-refractivity contribution >= 4 is 5.69 Å². The third-order valence-electron chi connectivity index (χ3n) is 2.95. The average molecular weight is 203 g/mol. The van der Waals surface area contributed by atoms with Crippen LogP contribution in [0.4, 0.5) is 5.69 Å². The molecule has 1 aromatic carbocycles. The van der Waals surface area contributed by atoms with Crippen molar-refractivity contribution in [2.24, 2.45) is 0 Å². The lowest BCUT2D eigenvalue weighted by molar-refractivity contribution is 0.480. The van der Waals surface area contributed by atoms with Crippen molar-refractivity contribution < 1.29 is 0 Å². The molecular weight excluding hydrogens is 184 g/mol. The Kier molecular flexibility index (Phi) is 2.70. The predicted molar refractivity (Wildman–Crippen MR) is 64.9 cm³/mol. The summed E-state index contributed by atoms with van der Waals surface area (Å²) in [5.41, 5.74) is 5.48. The molecule has 0 unspecified atom stereocenters. The smallest absolute Gasteiger partial charge is 0.0141 e. The predicted octanol–water partition coefficient (Wildman–Crippen LogP) is 2.48. The molecule has 0 amide bonds. The van der Waals surface area contributed by atoms with Gasteiger partial charge in [-0.25, -0.2) is 0 Å². The van der Waals surface area contributed by atoms with Gasteiger partial charge in [0.25, 0.3) is 0 Å². The summed E-state index contributed by atoms with van der Waals surface area (Å²) in [6.45, 7) is 11.0. The highest BCUT2D eigenvalue weighted by molar-refractivity contribution is 5.61. The summed E-state index contributed by atoms with van der Waals surface area (Å²) in [7, 11) is 2.12. The van der Waals surface area contributed by atoms with Crippen LogP contribution in [0.25, 0.3) is 0 Å². The summed E-state index contributed by atoms with van der Waals surface area (Å²) in [5, 5.41) is 0. The molecular formula is C13H19N2-. The standard InChI is InChI=1S/C13H19N2/c1-10-7-11(2)13(12(3)8-10)15-6-5-14(4)9-15/h7-9H,5-6H2,1-4H3/q-1. The highest BCUT2D eigenvalue weighted by Gasteiger charge is 2.11. The molecule has 1 aliphatic heterocycles. The Hall–Kier alpha value is -1.02. The fourth-order valence-electron chi connectivity index (χ4n) is 2.41. The fourth-order valence-corrected chi connectivity index (χ4v) is 2.41. The Bertz CT molecular complexity index is 348. The fraction of sp³-hybridized carbons (Fsp3) is 0.462. The number of benzene rings is 1. The highest BCUT2D eigenvalue weighted by atomic mass is 15.4. The van der Waals surface area contributed by atoms with Crippen molar-refractivity contribution in [3.8, 4) is 0 Å². The summed E-state index contributed by atoms with van der Waals surface area (Å²) in [4.78, 5) is 4.59. The van der Waals surface area contributed by atoms with E-state index in [1.165, 1.54) is 22.4 Å². The van der Waals surface area contributed by atoms with Crippen LogP contribution in [0, 0.1) is 27.4 Å². The Labute approximate surface area is 92.5 Å². The van der Waals surface area contributed by atoms with Gasteiger partial charge in [0.15, 0.2) is 0 Å². The van der Waals surface area contributed by atoms with Crippen molar-refractivity contribution in [3.63, 3.8) is 0 Å². The minimum absolute atomic E-state index is 1.10. The van der Waals surface area contributed by atoms with Crippen LogP contribution in [0.3, 0.4) is 0 Å². The number of rotatable bonds is 1. The van der Waals surface area contributed by atoms with E-state index in [1.54, 1.807) is 0 Å². The maximum absolute atomic E-state index is 2.35. The molecule has 1 fully saturated rings. The van der Waals surface area contributed by atoms with Gasteiger partial charge in [0.2, 0.25) is 0 Å². The van der Waals surface area contributed by atoms with Crippen molar-refractivity contribution in [3.05, 3.63) is 35.5 Å². The zero-order valence-corrected chi connectivity index (χ0v) is 10.0. The first-order valence-electron chi connectivity index (χ1n) is 5.47. The molecule has 0 bridgehead atoms. The van der Waals surface area contributed by atoms with E-state index in [9.17, 15) is 0 Å². The molecule has 0 atom stereocenters. The van der Waals surface area contributed by atoms with Gasteiger partial charge in [-0.2, -0.15) is 6.67 Å². The van der Waals surface area contributed by atoms with E-state index >= 15 is 0 Å². The average Bonchev–Trinajstić information content (AvgIpc) is 2.49. The minimum atomic E-state index is 1.10. The van der Waals surface area contributed by atoms with Crippen LogP contribution < -0.4 is 4.90 Å². The van der Waals surface area contributed by atoms with Gasteiger partial charge in [-0.3, -0.25) is 0 Å². The Balaban J connectivity index is 2.35. The summed E-state index contributed by atoms with van der Waals surface area (Å²) in [6, 6.07) is 4.52. The Morgan fingerprint density at radius 1 is 1.07 bits per heavy atom. The summed E-state index contributed by atoms with van der Waals surface area (Å²) in [6.07, 6.45) is 0. The lowest BCUT2D eigenvalue weighted by atomic mass is 10.0. The molecule has 0 N–H and O–H groups in total. The van der Waals surface area contributed by atoms with Gasteiger partial charge in [-0.15, -0.1) is 0 Å². The molecule has 1 heterocycles. The van der Waals surface area contributed by atoms with Gasteiger partial charge in [0.05, 0.1) is 0 Å². The maximum atomic E-state index is 2.35. The zero-order valence-electron chi connectivity index (χ0n) is 10.0. The first kappa shape index (κ1) is 10.5. The van der Waals surface area contributed by atoms with Gasteiger partial charge in [0, 0.05) is 12.2 Å². The van der Waals surface area contributed by atoms with Crippen molar-refractivity contribution in [2.45, 2.75) is 20.8 Å². The second kappa shape index (κ2) is 3.86. The van der Waals surface area contributed by atoms with Gasteiger partial charge >= 0.3 is 0 Å². The first-order valence-corrected chi connectivity index (χ1v) is 5.47. The number of anilines is 1. The summed E-state index contributed by atoms with van der Waals surface area (Å²) in [5.74, 6) is 0. The molecule has 2 nitrogen and oxygen atoms in total. The van der Waals surface area contributed by atoms with Gasteiger partial charge in [-0.1, -0.05) is 17.7 Å². The molecule has 1 aliphatic rings. The number of hydrogen-bond acceptors (Lipinski definition) is 2. The molecule has 0 spiro atoms. The minimum Gasteiger partial charge on any atom is -0.507 e. The number of aryl methyl sites for hydroxylation is 3. The number of hydrogen-bond donors (Lipinski definition) is 0. The number of likely N-dealkylation sites (N-methyl/N-ethyl adjacent to an activating group) is 1. The quantitative estimate of drug-likeness (QED) is 0.647. The van der Waals surface area contributed by atoms with E-state index < -0.39 is 0 Å². The van der Waals surface area contributed by atoms with Gasteiger partial charge in [0.1, 0.15) is 0 Å². The normalized spacial score (nSPS) is 17.5. The maximum Gasteiger partial charge on any atom is 0.0141 e. The van der Waals surface area contributed by atoms with E-state index in [1.807, 2.05) is 0 Å². The third kappa shape index (κ3) is 2.00. The summed E-state index contributed by atoms with van der Waals surface area (Å²) < 4.78 is 0. The molecule has 0 saturated carbocycles. The van der Waals surface area contributed by atoms with Crippen LogP contribution in [0.15, 0.2) is 12.1 Å². The van der Waals surface area contributed by atoms with Crippen LogP contribution >= 0.6 is 0 Å². The highest BCUT2D eigenvalue weighted by Crippen LogP contribution is 2.29. The van der Waals surface area contributed by atoms with Crippen LogP contribution in [-0.4, -0.2) is 25.0 Å².